The molecule has 11 rings (SSSR count). The Morgan fingerprint density at radius 3 is 1.46 bits per heavy atom. The third-order valence-electron chi connectivity index (χ3n) is 13.9. The van der Waals surface area contributed by atoms with Crippen LogP contribution in [0.25, 0.3) is 44.5 Å². The number of hydrogen-bond acceptors (Lipinski definition) is 1. The lowest BCUT2D eigenvalue weighted by atomic mass is 9.67. The molecule has 0 atom stereocenters. The highest BCUT2D eigenvalue weighted by Crippen LogP contribution is 2.60. The van der Waals surface area contributed by atoms with Gasteiger partial charge in [0.15, 0.2) is 0 Å². The minimum absolute atomic E-state index is 0.0717. The molecule has 0 aromatic heterocycles. The normalized spacial score (nSPS) is 14.0. The number of fused-ring (bicyclic) bond motifs is 6. The first-order valence-corrected chi connectivity index (χ1v) is 22.3. The van der Waals surface area contributed by atoms with Crippen molar-refractivity contribution >= 4 is 17.1 Å². The van der Waals surface area contributed by atoms with Gasteiger partial charge in [0, 0.05) is 22.5 Å². The maximum absolute atomic E-state index is 2.50. The number of hydrogen-bond donors (Lipinski definition) is 0. The van der Waals surface area contributed by atoms with Crippen LogP contribution in [0.15, 0.2) is 218 Å². The average molecular weight is 810 g/mol. The quantitative estimate of drug-likeness (QED) is 0.155. The predicted molar refractivity (Wildman–Crippen MR) is 266 cm³/mol. The highest BCUT2D eigenvalue weighted by molar-refractivity contribution is 5.97. The predicted octanol–water partition coefficient (Wildman–Crippen LogP) is 16.5. The zero-order valence-corrected chi connectivity index (χ0v) is 36.7. The van der Waals surface area contributed by atoms with E-state index >= 15 is 0 Å². The summed E-state index contributed by atoms with van der Waals surface area (Å²) in [5.41, 5.74) is 22.0. The van der Waals surface area contributed by atoms with E-state index in [-0.39, 0.29) is 10.8 Å². The molecule has 0 N–H and O–H groups in total. The van der Waals surface area contributed by atoms with E-state index in [0.29, 0.717) is 0 Å². The van der Waals surface area contributed by atoms with Gasteiger partial charge in [-0.3, -0.25) is 0 Å². The largest absolute Gasteiger partial charge is 0.310 e. The Bertz CT molecular complexity index is 3090. The van der Waals surface area contributed by atoms with E-state index in [4.69, 9.17) is 0 Å². The van der Waals surface area contributed by atoms with E-state index in [0.717, 1.165) is 17.1 Å². The number of anilines is 3. The maximum atomic E-state index is 2.50. The van der Waals surface area contributed by atoms with Crippen molar-refractivity contribution in [1.82, 2.24) is 0 Å². The van der Waals surface area contributed by atoms with Crippen LogP contribution in [0.1, 0.15) is 73.6 Å². The Morgan fingerprint density at radius 2 is 0.825 bits per heavy atom. The zero-order valence-electron chi connectivity index (χ0n) is 36.7. The molecule has 1 heteroatoms. The maximum Gasteiger partial charge on any atom is 0.0714 e. The van der Waals surface area contributed by atoms with Gasteiger partial charge >= 0.3 is 0 Å². The van der Waals surface area contributed by atoms with Crippen LogP contribution in [0.3, 0.4) is 0 Å². The third-order valence-corrected chi connectivity index (χ3v) is 13.9. The highest BCUT2D eigenvalue weighted by Gasteiger charge is 2.47. The smallest absolute Gasteiger partial charge is 0.0714 e. The number of nitrogens with zero attached hydrogens (tertiary/aromatic N) is 1. The van der Waals surface area contributed by atoms with Gasteiger partial charge in [0.2, 0.25) is 0 Å². The van der Waals surface area contributed by atoms with Crippen molar-refractivity contribution in [3.8, 4) is 44.5 Å². The molecule has 0 aliphatic heterocycles. The van der Waals surface area contributed by atoms with Crippen molar-refractivity contribution in [3.63, 3.8) is 0 Å². The average Bonchev–Trinajstić information content (AvgIpc) is 3.75. The molecule has 0 saturated carbocycles. The van der Waals surface area contributed by atoms with E-state index in [1.807, 2.05) is 0 Å². The van der Waals surface area contributed by atoms with E-state index in [2.05, 4.69) is 258 Å². The lowest BCUT2D eigenvalue weighted by molar-refractivity contribution is 0.590. The summed E-state index contributed by atoms with van der Waals surface area (Å²) in [6.45, 7) is 11.6. The lowest BCUT2D eigenvalue weighted by Crippen LogP contribution is -2.28. The van der Waals surface area contributed by atoms with Gasteiger partial charge in [-0.25, -0.2) is 0 Å². The Labute approximate surface area is 373 Å². The van der Waals surface area contributed by atoms with Crippen LogP contribution in [0.2, 0.25) is 0 Å². The van der Waals surface area contributed by atoms with Crippen molar-refractivity contribution in [2.75, 3.05) is 4.90 Å². The summed E-state index contributed by atoms with van der Waals surface area (Å²) in [7, 11) is 0. The minimum Gasteiger partial charge on any atom is -0.310 e. The summed E-state index contributed by atoms with van der Waals surface area (Å²) in [5, 5.41) is 0. The van der Waals surface area contributed by atoms with Crippen LogP contribution in [-0.2, 0) is 16.2 Å². The second kappa shape index (κ2) is 14.7. The molecule has 9 aromatic carbocycles. The Hall–Kier alpha value is -7.22. The van der Waals surface area contributed by atoms with Gasteiger partial charge in [-0.05, 0) is 125 Å². The standard InChI is InChI=1S/C62H51N/c1-60(2,3)45-32-28-44(29-33-45)51-25-17-27-56-59(51)54-39-37-50(41-58(54)62(56,46-20-11-7-12-21-46)47-22-13-8-14-23-47)63(48-34-30-43(31-35-48)42-18-9-6-10-19-42)49-36-38-53-52-24-15-16-26-55(52)61(4,5)57(53)40-49/h6-41H,1-5H3. The van der Waals surface area contributed by atoms with Gasteiger partial charge in [-0.15, -0.1) is 0 Å². The summed E-state index contributed by atoms with van der Waals surface area (Å²) >= 11 is 0. The van der Waals surface area contributed by atoms with E-state index in [9.17, 15) is 0 Å². The van der Waals surface area contributed by atoms with Gasteiger partial charge in [0.1, 0.15) is 0 Å². The molecule has 304 valence electrons. The van der Waals surface area contributed by atoms with Gasteiger partial charge < -0.3 is 4.90 Å². The topological polar surface area (TPSA) is 3.24 Å². The summed E-state index contributed by atoms with van der Waals surface area (Å²) in [5.74, 6) is 0. The van der Waals surface area contributed by atoms with Crippen LogP contribution in [0.5, 0.6) is 0 Å². The number of benzene rings is 9. The molecule has 9 aromatic rings. The minimum atomic E-state index is -0.574. The summed E-state index contributed by atoms with van der Waals surface area (Å²) in [6, 6.07) is 81.7. The van der Waals surface area contributed by atoms with E-state index in [1.165, 1.54) is 83.5 Å². The van der Waals surface area contributed by atoms with Crippen LogP contribution in [0.4, 0.5) is 17.1 Å². The van der Waals surface area contributed by atoms with Crippen LogP contribution in [0, 0.1) is 0 Å². The molecule has 0 spiro atoms. The molecule has 0 fully saturated rings. The van der Waals surface area contributed by atoms with Crippen molar-refractivity contribution in [2.24, 2.45) is 0 Å². The SMILES string of the molecule is CC(C)(C)c1ccc(-c2cccc3c2-c2ccc(N(c4ccc(-c5ccccc5)cc4)c4ccc5c(c4)C(C)(C)c4ccccc4-5)cc2C3(c2ccccc2)c2ccccc2)cc1. The molecule has 1 nitrogen and oxygen atoms in total. The first kappa shape index (κ1) is 38.7. The van der Waals surface area contributed by atoms with Crippen LogP contribution >= 0.6 is 0 Å². The van der Waals surface area contributed by atoms with Gasteiger partial charge in [-0.1, -0.05) is 217 Å². The second-order valence-electron chi connectivity index (χ2n) is 18.9. The highest BCUT2D eigenvalue weighted by atomic mass is 15.1. The fraction of sp³-hybridized carbons (Fsp3) is 0.129. The molecule has 0 heterocycles. The van der Waals surface area contributed by atoms with Gasteiger partial charge in [-0.2, -0.15) is 0 Å². The molecule has 0 bridgehead atoms. The van der Waals surface area contributed by atoms with Gasteiger partial charge in [0.05, 0.1) is 5.41 Å². The van der Waals surface area contributed by atoms with Gasteiger partial charge in [0.25, 0.3) is 0 Å². The molecule has 0 radical (unpaired) electrons. The third kappa shape index (κ3) is 6.13. The molecule has 2 aliphatic rings. The molecule has 0 unspecified atom stereocenters. The van der Waals surface area contributed by atoms with E-state index < -0.39 is 5.41 Å². The van der Waals surface area contributed by atoms with Crippen molar-refractivity contribution in [2.45, 2.75) is 50.9 Å². The van der Waals surface area contributed by atoms with Crippen molar-refractivity contribution in [3.05, 3.63) is 257 Å². The lowest BCUT2D eigenvalue weighted by Gasteiger charge is -2.35. The molecular formula is C62H51N. The summed E-state index contributed by atoms with van der Waals surface area (Å²) in [6.07, 6.45) is 0. The van der Waals surface area contributed by atoms with Crippen LogP contribution < -0.4 is 4.90 Å². The molecule has 2 aliphatic carbocycles. The first-order chi connectivity index (χ1) is 30.6. The monoisotopic (exact) mass is 809 g/mol. The Balaban J connectivity index is 1.17. The molecule has 0 amide bonds. The first-order valence-electron chi connectivity index (χ1n) is 22.3. The van der Waals surface area contributed by atoms with E-state index in [1.54, 1.807) is 0 Å². The molecule has 63 heavy (non-hydrogen) atoms. The fourth-order valence-electron chi connectivity index (χ4n) is 10.8. The summed E-state index contributed by atoms with van der Waals surface area (Å²) in [4.78, 5) is 2.48. The molecular weight excluding hydrogens is 759 g/mol. The van der Waals surface area contributed by atoms with Crippen molar-refractivity contribution in [1.29, 1.82) is 0 Å². The number of rotatable bonds is 7. The molecule has 0 saturated heterocycles. The Kier molecular flexibility index (Phi) is 9.03. The summed E-state index contributed by atoms with van der Waals surface area (Å²) < 4.78 is 0. The zero-order chi connectivity index (χ0) is 42.9. The second-order valence-corrected chi connectivity index (χ2v) is 18.9. The fourth-order valence-corrected chi connectivity index (χ4v) is 10.8. The van der Waals surface area contributed by atoms with Crippen molar-refractivity contribution < 1.29 is 0 Å². The van der Waals surface area contributed by atoms with Crippen LogP contribution in [-0.4, -0.2) is 0 Å². The Morgan fingerprint density at radius 1 is 0.349 bits per heavy atom.